The number of hydrogen-bond acceptors (Lipinski definition) is 4. The number of methoxy groups -OCH3 is 1. The molecule has 0 unspecified atom stereocenters. The van der Waals surface area contributed by atoms with Gasteiger partial charge in [0.15, 0.2) is 5.11 Å². The summed E-state index contributed by atoms with van der Waals surface area (Å²) in [6.07, 6.45) is 5.38. The Hall–Kier alpha value is -2.90. The molecule has 1 aromatic heterocycles. The average molecular weight is 401 g/mol. The topological polar surface area (TPSA) is 68.2 Å². The predicted molar refractivity (Wildman–Crippen MR) is 109 cm³/mol. The van der Waals surface area contributed by atoms with Crippen LogP contribution in [0.4, 0.5) is 5.69 Å². The fourth-order valence-electron chi connectivity index (χ4n) is 2.42. The van der Waals surface area contributed by atoms with Gasteiger partial charge in [-0.25, -0.2) is 9.78 Å². The summed E-state index contributed by atoms with van der Waals surface area (Å²) >= 11 is 11.3. The summed E-state index contributed by atoms with van der Waals surface area (Å²) in [6, 6.07) is 13.0. The van der Waals surface area contributed by atoms with Gasteiger partial charge in [0.05, 0.1) is 24.0 Å². The van der Waals surface area contributed by atoms with Gasteiger partial charge in [0.2, 0.25) is 0 Å². The lowest BCUT2D eigenvalue weighted by Gasteiger charge is -2.12. The van der Waals surface area contributed by atoms with Crippen molar-refractivity contribution in [2.45, 2.75) is 6.54 Å². The molecule has 2 aromatic carbocycles. The molecule has 0 aliphatic rings. The third-order valence-electron chi connectivity index (χ3n) is 3.82. The lowest BCUT2D eigenvalue weighted by Crippen LogP contribution is -2.28. The molecule has 27 heavy (non-hydrogen) atoms. The molecule has 8 heteroatoms. The number of carbonyl (C=O) groups excluding carboxylic acids is 1. The fourth-order valence-corrected chi connectivity index (χ4v) is 2.81. The number of nitrogens with one attached hydrogen (secondary N) is 2. The number of esters is 1. The Bertz CT molecular complexity index is 943. The van der Waals surface area contributed by atoms with Crippen molar-refractivity contribution in [3.63, 3.8) is 0 Å². The maximum atomic E-state index is 11.7. The van der Waals surface area contributed by atoms with Crippen LogP contribution < -0.4 is 10.6 Å². The highest BCUT2D eigenvalue weighted by Gasteiger charge is 2.11. The second-order valence-electron chi connectivity index (χ2n) is 5.63. The first kappa shape index (κ1) is 18.9. The van der Waals surface area contributed by atoms with Crippen LogP contribution in [0.15, 0.2) is 61.2 Å². The maximum Gasteiger partial charge on any atom is 0.339 e. The van der Waals surface area contributed by atoms with Crippen molar-refractivity contribution in [1.82, 2.24) is 14.9 Å². The molecule has 0 aliphatic heterocycles. The zero-order valence-corrected chi connectivity index (χ0v) is 16.1. The molecule has 0 saturated heterocycles. The van der Waals surface area contributed by atoms with E-state index in [4.69, 9.17) is 28.6 Å². The Labute approximate surface area is 167 Å². The Kier molecular flexibility index (Phi) is 6.05. The molecule has 3 rings (SSSR count). The van der Waals surface area contributed by atoms with Gasteiger partial charge in [-0.15, -0.1) is 0 Å². The van der Waals surface area contributed by atoms with E-state index in [9.17, 15) is 4.79 Å². The summed E-state index contributed by atoms with van der Waals surface area (Å²) in [6.45, 7) is 0.563. The number of ether oxygens (including phenoxy) is 1. The van der Waals surface area contributed by atoms with E-state index in [0.717, 1.165) is 11.3 Å². The molecule has 0 aliphatic carbocycles. The molecule has 0 atom stereocenters. The van der Waals surface area contributed by atoms with Crippen LogP contribution in [0.5, 0.6) is 0 Å². The average Bonchev–Trinajstić information content (AvgIpc) is 3.22. The molecule has 0 radical (unpaired) electrons. The Morgan fingerprint density at radius 1 is 1.26 bits per heavy atom. The van der Waals surface area contributed by atoms with E-state index in [1.165, 1.54) is 7.11 Å². The zero-order chi connectivity index (χ0) is 19.2. The van der Waals surface area contributed by atoms with Crippen molar-refractivity contribution < 1.29 is 9.53 Å². The van der Waals surface area contributed by atoms with Crippen LogP contribution in [0.3, 0.4) is 0 Å². The first-order valence-corrected chi connectivity index (χ1v) is 8.85. The summed E-state index contributed by atoms with van der Waals surface area (Å²) in [5, 5.41) is 6.93. The first-order valence-electron chi connectivity index (χ1n) is 8.07. The molecule has 6 nitrogen and oxygen atoms in total. The summed E-state index contributed by atoms with van der Waals surface area (Å²) in [5.41, 5.74) is 3.04. The van der Waals surface area contributed by atoms with E-state index in [2.05, 4.69) is 15.6 Å². The highest BCUT2D eigenvalue weighted by atomic mass is 35.5. The number of halogens is 1. The molecular formula is C19H17ClN4O2S. The third kappa shape index (κ3) is 4.84. The van der Waals surface area contributed by atoms with Crippen molar-refractivity contribution in [1.29, 1.82) is 0 Å². The van der Waals surface area contributed by atoms with Gasteiger partial charge in [-0.05, 0) is 48.1 Å². The van der Waals surface area contributed by atoms with E-state index in [1.807, 2.05) is 35.0 Å². The highest BCUT2D eigenvalue weighted by Crippen LogP contribution is 2.21. The van der Waals surface area contributed by atoms with Crippen molar-refractivity contribution in [2.75, 3.05) is 12.4 Å². The number of thiocarbonyl (C=S) groups is 1. The van der Waals surface area contributed by atoms with Gasteiger partial charge in [-0.3, -0.25) is 0 Å². The molecule has 0 amide bonds. The summed E-state index contributed by atoms with van der Waals surface area (Å²) in [7, 11) is 1.31. The summed E-state index contributed by atoms with van der Waals surface area (Å²) in [5.74, 6) is -0.500. The van der Waals surface area contributed by atoms with Crippen LogP contribution >= 0.6 is 23.8 Å². The Morgan fingerprint density at radius 3 is 2.70 bits per heavy atom. The van der Waals surface area contributed by atoms with Crippen LogP contribution in [0.1, 0.15) is 15.9 Å². The van der Waals surface area contributed by atoms with Crippen molar-refractivity contribution in [2.24, 2.45) is 0 Å². The number of anilines is 1. The molecular weight excluding hydrogens is 384 g/mol. The SMILES string of the molecule is COC(=O)c1cc(NC(=S)NCc2ccc(-n3ccnc3)cc2)ccc1Cl. The molecule has 3 aromatic rings. The van der Waals surface area contributed by atoms with Crippen molar-refractivity contribution in [3.05, 3.63) is 77.3 Å². The van der Waals surface area contributed by atoms with E-state index < -0.39 is 5.97 Å². The third-order valence-corrected chi connectivity index (χ3v) is 4.40. The number of benzene rings is 2. The minimum absolute atomic E-state index is 0.280. The van der Waals surface area contributed by atoms with Crippen LogP contribution in [-0.2, 0) is 11.3 Å². The van der Waals surface area contributed by atoms with Gasteiger partial charge < -0.3 is 19.9 Å². The zero-order valence-electron chi connectivity index (χ0n) is 14.5. The summed E-state index contributed by atoms with van der Waals surface area (Å²) in [4.78, 5) is 15.7. The fraction of sp³-hybridized carbons (Fsp3) is 0.105. The van der Waals surface area contributed by atoms with Crippen LogP contribution in [-0.4, -0.2) is 27.7 Å². The first-order chi connectivity index (χ1) is 13.1. The number of aromatic nitrogens is 2. The molecule has 138 valence electrons. The van der Waals surface area contributed by atoms with E-state index in [-0.39, 0.29) is 5.56 Å². The van der Waals surface area contributed by atoms with Crippen molar-refractivity contribution in [3.8, 4) is 5.69 Å². The smallest absolute Gasteiger partial charge is 0.339 e. The number of rotatable bonds is 5. The van der Waals surface area contributed by atoms with Gasteiger partial charge in [-0.2, -0.15) is 0 Å². The Balaban J connectivity index is 1.58. The molecule has 0 bridgehead atoms. The van der Waals surface area contributed by atoms with Crippen LogP contribution in [0, 0.1) is 0 Å². The predicted octanol–water partition coefficient (Wildman–Crippen LogP) is 3.80. The lowest BCUT2D eigenvalue weighted by molar-refractivity contribution is 0.0601. The van der Waals surface area contributed by atoms with Crippen LogP contribution in [0.2, 0.25) is 5.02 Å². The second-order valence-corrected chi connectivity index (χ2v) is 6.45. The van der Waals surface area contributed by atoms with E-state index in [1.54, 1.807) is 30.7 Å². The number of nitrogens with zero attached hydrogens (tertiary/aromatic N) is 2. The molecule has 0 saturated carbocycles. The monoisotopic (exact) mass is 400 g/mol. The number of hydrogen-bond donors (Lipinski definition) is 2. The van der Waals surface area contributed by atoms with Gasteiger partial charge in [0.25, 0.3) is 0 Å². The maximum absolute atomic E-state index is 11.7. The van der Waals surface area contributed by atoms with Crippen molar-refractivity contribution >= 4 is 40.6 Å². The van der Waals surface area contributed by atoms with Crippen LogP contribution in [0.25, 0.3) is 5.69 Å². The molecule has 0 spiro atoms. The minimum Gasteiger partial charge on any atom is -0.465 e. The normalized spacial score (nSPS) is 10.3. The summed E-state index contributed by atoms with van der Waals surface area (Å²) < 4.78 is 6.65. The quantitative estimate of drug-likeness (QED) is 0.501. The molecule has 0 fully saturated rings. The number of carbonyl (C=O) groups is 1. The van der Waals surface area contributed by atoms with Gasteiger partial charge in [-0.1, -0.05) is 23.7 Å². The largest absolute Gasteiger partial charge is 0.465 e. The minimum atomic E-state index is -0.500. The standard InChI is InChI=1S/C19H17ClN4O2S/c1-26-18(25)16-10-14(4-7-17(16)20)23-19(27)22-11-13-2-5-15(6-3-13)24-9-8-21-12-24/h2-10,12H,11H2,1H3,(H2,22,23,27). The lowest BCUT2D eigenvalue weighted by atomic mass is 10.2. The molecule has 2 N–H and O–H groups in total. The van der Waals surface area contributed by atoms with E-state index >= 15 is 0 Å². The van der Waals surface area contributed by atoms with Gasteiger partial charge in [0, 0.05) is 30.3 Å². The number of imidazole rings is 1. The highest BCUT2D eigenvalue weighted by molar-refractivity contribution is 7.80. The van der Waals surface area contributed by atoms with E-state index in [0.29, 0.717) is 22.4 Å². The second kappa shape index (κ2) is 8.66. The van der Waals surface area contributed by atoms with Gasteiger partial charge in [0.1, 0.15) is 0 Å². The molecule has 1 heterocycles. The van der Waals surface area contributed by atoms with Gasteiger partial charge >= 0.3 is 5.97 Å². The Morgan fingerprint density at radius 2 is 2.04 bits per heavy atom.